The summed E-state index contributed by atoms with van der Waals surface area (Å²) < 4.78 is 4.90. The first-order chi connectivity index (χ1) is 7.99. The third kappa shape index (κ3) is 4.19. The molecule has 0 spiro atoms. The van der Waals surface area contributed by atoms with Crippen molar-refractivity contribution in [2.45, 2.75) is 45.6 Å². The van der Waals surface area contributed by atoms with Crippen LogP contribution in [0.2, 0.25) is 0 Å². The Morgan fingerprint density at radius 2 is 2.18 bits per heavy atom. The van der Waals surface area contributed by atoms with E-state index in [2.05, 4.69) is 10.5 Å². The molecule has 0 radical (unpaired) electrons. The van der Waals surface area contributed by atoms with Crippen LogP contribution in [0, 0.1) is 6.92 Å². The van der Waals surface area contributed by atoms with Crippen LogP contribution in [0.15, 0.2) is 10.6 Å². The lowest BCUT2D eigenvalue weighted by Gasteiger charge is -2.26. The maximum Gasteiger partial charge on any atom is 0.226 e. The maximum absolute atomic E-state index is 11.7. The topological polar surface area (TPSA) is 81.1 Å². The Hall–Kier alpha value is -1.36. The van der Waals surface area contributed by atoms with E-state index in [-0.39, 0.29) is 17.9 Å². The molecular weight excluding hydrogens is 218 g/mol. The number of amides is 1. The fourth-order valence-corrected chi connectivity index (χ4v) is 1.50. The van der Waals surface area contributed by atoms with Crippen molar-refractivity contribution in [3.05, 3.63) is 17.5 Å². The molecule has 5 heteroatoms. The molecule has 0 aliphatic heterocycles. The zero-order chi connectivity index (χ0) is 12.9. The van der Waals surface area contributed by atoms with E-state index in [1.807, 2.05) is 13.8 Å². The Balaban J connectivity index is 2.40. The lowest BCUT2D eigenvalue weighted by Crippen LogP contribution is -2.49. The summed E-state index contributed by atoms with van der Waals surface area (Å²) in [6.45, 7) is 6.34. The molecule has 0 saturated carbocycles. The van der Waals surface area contributed by atoms with Crippen LogP contribution < -0.4 is 11.1 Å². The van der Waals surface area contributed by atoms with Gasteiger partial charge in [-0.1, -0.05) is 19.0 Å². The van der Waals surface area contributed by atoms with Crippen molar-refractivity contribution < 1.29 is 9.32 Å². The number of rotatable bonds is 6. The molecule has 0 unspecified atom stereocenters. The second-order valence-electron chi connectivity index (χ2n) is 4.45. The molecule has 96 valence electrons. The number of carbonyl (C=O) groups excluding carboxylic acids is 1. The van der Waals surface area contributed by atoms with Crippen LogP contribution in [0.3, 0.4) is 0 Å². The van der Waals surface area contributed by atoms with Gasteiger partial charge in [-0.2, -0.15) is 0 Å². The lowest BCUT2D eigenvalue weighted by atomic mass is 9.94. The zero-order valence-electron chi connectivity index (χ0n) is 10.7. The highest BCUT2D eigenvalue weighted by Crippen LogP contribution is 2.09. The first-order valence-electron chi connectivity index (χ1n) is 5.97. The van der Waals surface area contributed by atoms with Crippen LogP contribution in [0.1, 0.15) is 38.1 Å². The van der Waals surface area contributed by atoms with Crippen molar-refractivity contribution in [2.24, 2.45) is 5.73 Å². The van der Waals surface area contributed by atoms with Gasteiger partial charge in [0.1, 0.15) is 5.76 Å². The van der Waals surface area contributed by atoms with Gasteiger partial charge in [0.25, 0.3) is 0 Å². The first-order valence-corrected chi connectivity index (χ1v) is 5.97. The van der Waals surface area contributed by atoms with Crippen LogP contribution >= 0.6 is 0 Å². The van der Waals surface area contributed by atoms with Gasteiger partial charge in [-0.05, 0) is 19.8 Å². The van der Waals surface area contributed by atoms with Crippen molar-refractivity contribution in [3.8, 4) is 0 Å². The van der Waals surface area contributed by atoms with Crippen molar-refractivity contribution in [2.75, 3.05) is 6.54 Å². The molecule has 0 bridgehead atoms. The van der Waals surface area contributed by atoms with E-state index in [9.17, 15) is 4.79 Å². The van der Waals surface area contributed by atoms with Crippen molar-refractivity contribution in [1.29, 1.82) is 0 Å². The molecule has 0 atom stereocenters. The summed E-state index contributed by atoms with van der Waals surface area (Å²) in [4.78, 5) is 11.7. The van der Waals surface area contributed by atoms with Crippen LogP contribution in [-0.4, -0.2) is 23.1 Å². The van der Waals surface area contributed by atoms with Gasteiger partial charge in [-0.3, -0.25) is 4.79 Å². The van der Waals surface area contributed by atoms with Crippen molar-refractivity contribution in [1.82, 2.24) is 10.5 Å². The van der Waals surface area contributed by atoms with Gasteiger partial charge in [0.2, 0.25) is 5.91 Å². The molecule has 0 aromatic carbocycles. The Bertz CT molecular complexity index is 370. The summed E-state index contributed by atoms with van der Waals surface area (Å²) in [5.74, 6) is 0.637. The number of aryl methyl sites for hydroxylation is 1. The van der Waals surface area contributed by atoms with Gasteiger partial charge in [0.05, 0.1) is 12.1 Å². The second-order valence-corrected chi connectivity index (χ2v) is 4.45. The summed E-state index contributed by atoms with van der Waals surface area (Å²) in [5, 5.41) is 6.61. The van der Waals surface area contributed by atoms with E-state index in [0.29, 0.717) is 18.0 Å². The van der Waals surface area contributed by atoms with Gasteiger partial charge < -0.3 is 15.6 Å². The first kappa shape index (κ1) is 13.7. The fraction of sp³-hybridized carbons (Fsp3) is 0.667. The number of aromatic nitrogens is 1. The summed E-state index contributed by atoms with van der Waals surface area (Å²) in [7, 11) is 0. The number of nitrogens with two attached hydrogens (primary N) is 1. The van der Waals surface area contributed by atoms with Gasteiger partial charge in [-0.15, -0.1) is 0 Å². The zero-order valence-corrected chi connectivity index (χ0v) is 10.7. The maximum atomic E-state index is 11.7. The smallest absolute Gasteiger partial charge is 0.226 e. The summed E-state index contributed by atoms with van der Waals surface area (Å²) in [6.07, 6.45) is 1.92. The van der Waals surface area contributed by atoms with E-state index >= 15 is 0 Å². The molecule has 0 saturated heterocycles. The highest BCUT2D eigenvalue weighted by Gasteiger charge is 2.21. The van der Waals surface area contributed by atoms with Crippen molar-refractivity contribution in [3.63, 3.8) is 0 Å². The van der Waals surface area contributed by atoms with E-state index < -0.39 is 0 Å². The summed E-state index contributed by atoms with van der Waals surface area (Å²) >= 11 is 0. The standard InChI is InChI=1S/C12H21N3O2/c1-4-12(13,5-2)8-14-11(16)7-10-6-9(3)17-15-10/h6H,4-5,7-8,13H2,1-3H3,(H,14,16). The summed E-state index contributed by atoms with van der Waals surface area (Å²) in [5.41, 5.74) is 6.43. The Kier molecular flexibility index (Phi) is 4.69. The monoisotopic (exact) mass is 239 g/mol. The lowest BCUT2D eigenvalue weighted by molar-refractivity contribution is -0.120. The van der Waals surface area contributed by atoms with Gasteiger partial charge in [-0.25, -0.2) is 0 Å². The molecule has 0 aliphatic rings. The summed E-state index contributed by atoms with van der Waals surface area (Å²) in [6, 6.07) is 1.76. The SMILES string of the molecule is CCC(N)(CC)CNC(=O)Cc1cc(C)on1. The minimum absolute atomic E-state index is 0.0741. The predicted molar refractivity (Wildman–Crippen MR) is 65.5 cm³/mol. The largest absolute Gasteiger partial charge is 0.361 e. The molecule has 1 heterocycles. The fourth-order valence-electron chi connectivity index (χ4n) is 1.50. The van der Waals surface area contributed by atoms with Crippen molar-refractivity contribution >= 4 is 5.91 Å². The molecule has 0 aliphatic carbocycles. The van der Waals surface area contributed by atoms with Crippen LogP contribution in [0.4, 0.5) is 0 Å². The van der Waals surface area contributed by atoms with E-state index in [4.69, 9.17) is 10.3 Å². The highest BCUT2D eigenvalue weighted by atomic mass is 16.5. The number of hydrogen-bond donors (Lipinski definition) is 2. The Labute approximate surface area is 102 Å². The average Bonchev–Trinajstić information content (AvgIpc) is 2.72. The second kappa shape index (κ2) is 5.82. The molecule has 0 fully saturated rings. The number of nitrogens with zero attached hydrogens (tertiary/aromatic N) is 1. The van der Waals surface area contributed by atoms with Gasteiger partial charge in [0.15, 0.2) is 0 Å². The number of carbonyl (C=O) groups is 1. The predicted octanol–water partition coefficient (Wildman–Crippen LogP) is 1.16. The molecule has 1 aromatic rings. The van der Waals surface area contributed by atoms with E-state index in [1.165, 1.54) is 0 Å². The Morgan fingerprint density at radius 1 is 1.53 bits per heavy atom. The average molecular weight is 239 g/mol. The van der Waals surface area contributed by atoms with E-state index in [0.717, 1.165) is 12.8 Å². The third-order valence-corrected chi connectivity index (χ3v) is 3.06. The minimum Gasteiger partial charge on any atom is -0.361 e. The molecule has 3 N–H and O–H groups in total. The third-order valence-electron chi connectivity index (χ3n) is 3.06. The quantitative estimate of drug-likeness (QED) is 0.780. The molecular formula is C12H21N3O2. The minimum atomic E-state index is -0.310. The molecule has 5 nitrogen and oxygen atoms in total. The number of hydrogen-bond acceptors (Lipinski definition) is 4. The molecule has 1 amide bonds. The number of nitrogens with one attached hydrogen (secondary N) is 1. The van der Waals surface area contributed by atoms with Crippen LogP contribution in [0.25, 0.3) is 0 Å². The normalized spacial score (nSPS) is 11.5. The highest BCUT2D eigenvalue weighted by molar-refractivity contribution is 5.78. The Morgan fingerprint density at radius 3 is 2.65 bits per heavy atom. The van der Waals surface area contributed by atoms with Crippen LogP contribution in [-0.2, 0) is 11.2 Å². The molecule has 17 heavy (non-hydrogen) atoms. The van der Waals surface area contributed by atoms with Gasteiger partial charge >= 0.3 is 0 Å². The van der Waals surface area contributed by atoms with E-state index in [1.54, 1.807) is 13.0 Å². The molecule has 1 rings (SSSR count). The molecule has 1 aromatic heterocycles. The van der Waals surface area contributed by atoms with Gasteiger partial charge in [0, 0.05) is 18.2 Å². The van der Waals surface area contributed by atoms with Crippen LogP contribution in [0.5, 0.6) is 0 Å².